The van der Waals surface area contributed by atoms with E-state index in [2.05, 4.69) is 4.74 Å². The van der Waals surface area contributed by atoms with Crippen molar-refractivity contribution in [2.24, 2.45) is 0 Å². The van der Waals surface area contributed by atoms with E-state index in [1.165, 1.54) is 32.4 Å². The van der Waals surface area contributed by atoms with Crippen LogP contribution in [0.1, 0.15) is 15.9 Å². The summed E-state index contributed by atoms with van der Waals surface area (Å²) in [6.07, 6.45) is 0. The van der Waals surface area contributed by atoms with Gasteiger partial charge in [-0.05, 0) is 18.6 Å². The molecule has 2 aromatic rings. The number of benzene rings is 2. The first-order chi connectivity index (χ1) is 11.8. The Morgan fingerprint density at radius 3 is 2.20 bits per heavy atom. The van der Waals surface area contributed by atoms with E-state index in [-0.39, 0.29) is 39.3 Å². The molecule has 0 saturated heterocycles. The van der Waals surface area contributed by atoms with Crippen molar-refractivity contribution < 1.29 is 34.0 Å². The van der Waals surface area contributed by atoms with Gasteiger partial charge in [0.15, 0.2) is 17.2 Å². The predicted octanol–water partition coefficient (Wildman–Crippen LogP) is 3.66. The van der Waals surface area contributed by atoms with E-state index >= 15 is 0 Å². The maximum atomic E-state index is 12.1. The summed E-state index contributed by atoms with van der Waals surface area (Å²) in [5.41, 5.74) is 0.258. The molecule has 0 aliphatic carbocycles. The zero-order valence-electron chi connectivity index (χ0n) is 14.0. The average molecular weight is 369 g/mol. The summed E-state index contributed by atoms with van der Waals surface area (Å²) < 4.78 is 20.7. The molecule has 0 aliphatic heterocycles. The summed E-state index contributed by atoms with van der Waals surface area (Å²) in [4.78, 5) is 12.1. The average Bonchev–Trinajstić information content (AvgIpc) is 2.58. The van der Waals surface area contributed by atoms with Crippen LogP contribution in [0.15, 0.2) is 18.2 Å². The number of phenolic OH excluding ortho intramolecular Hbond substituents is 2. The highest BCUT2D eigenvalue weighted by Gasteiger charge is 2.27. The second-order valence-corrected chi connectivity index (χ2v) is 5.38. The molecule has 25 heavy (non-hydrogen) atoms. The summed E-state index contributed by atoms with van der Waals surface area (Å²) in [5, 5.41) is 19.8. The Hall–Kier alpha value is -2.80. The van der Waals surface area contributed by atoms with Gasteiger partial charge in [0.25, 0.3) is 0 Å². The number of carbonyl (C=O) groups is 1. The van der Waals surface area contributed by atoms with E-state index in [9.17, 15) is 15.0 Å². The topological polar surface area (TPSA) is 94.5 Å². The van der Waals surface area contributed by atoms with Gasteiger partial charge in [0, 0.05) is 12.1 Å². The van der Waals surface area contributed by atoms with Crippen molar-refractivity contribution in [3.8, 4) is 34.5 Å². The lowest BCUT2D eigenvalue weighted by atomic mass is 10.1. The van der Waals surface area contributed by atoms with Crippen LogP contribution in [0, 0.1) is 6.92 Å². The summed E-state index contributed by atoms with van der Waals surface area (Å²) in [6.45, 7) is 1.67. The summed E-state index contributed by atoms with van der Waals surface area (Å²) in [6, 6.07) is 3.97. The third kappa shape index (κ3) is 3.51. The van der Waals surface area contributed by atoms with Gasteiger partial charge in [0.2, 0.25) is 0 Å². The number of halogens is 1. The molecule has 7 nitrogen and oxygen atoms in total. The number of aromatic hydroxyl groups is 2. The number of methoxy groups -OCH3 is 3. The Labute approximate surface area is 149 Å². The lowest BCUT2D eigenvalue weighted by molar-refractivity contribution is 0.0594. The van der Waals surface area contributed by atoms with Crippen LogP contribution in [0.25, 0.3) is 0 Å². The Morgan fingerprint density at radius 1 is 1.00 bits per heavy atom. The van der Waals surface area contributed by atoms with Crippen LogP contribution in [0.4, 0.5) is 0 Å². The standard InChI is InChI=1S/C17H17ClO7/c1-8-5-9(19)6-12(23-3)15(8)25-16-13(17(21)24-4)10(20)7-11(22-2)14(16)18/h5-7,19-20H,1-4H3. The monoisotopic (exact) mass is 368 g/mol. The molecule has 2 N–H and O–H groups in total. The molecule has 0 unspecified atom stereocenters. The number of esters is 1. The van der Waals surface area contributed by atoms with Crippen molar-refractivity contribution in [3.05, 3.63) is 34.3 Å². The van der Waals surface area contributed by atoms with Gasteiger partial charge < -0.3 is 29.2 Å². The molecule has 0 aromatic heterocycles. The molecule has 0 bridgehead atoms. The molecule has 2 aromatic carbocycles. The van der Waals surface area contributed by atoms with E-state index in [1.807, 2.05) is 0 Å². The molecule has 0 radical (unpaired) electrons. The van der Waals surface area contributed by atoms with Gasteiger partial charge in [-0.3, -0.25) is 0 Å². The second-order valence-electron chi connectivity index (χ2n) is 5.00. The zero-order chi connectivity index (χ0) is 18.7. The number of aryl methyl sites for hydroxylation is 1. The molecular formula is C17H17ClO7. The minimum Gasteiger partial charge on any atom is -0.508 e. The highest BCUT2D eigenvalue weighted by atomic mass is 35.5. The van der Waals surface area contributed by atoms with Crippen LogP contribution in [0.5, 0.6) is 34.5 Å². The SMILES string of the molecule is COC(=O)c1c(O)cc(OC)c(Cl)c1Oc1c(C)cc(O)cc1OC. The maximum absolute atomic E-state index is 12.1. The van der Waals surface area contributed by atoms with Crippen molar-refractivity contribution in [1.82, 2.24) is 0 Å². The number of carbonyl (C=O) groups excluding carboxylic acids is 1. The Kier molecular flexibility index (Phi) is 5.48. The van der Waals surface area contributed by atoms with Crippen LogP contribution in [-0.2, 0) is 4.74 Å². The highest BCUT2D eigenvalue weighted by molar-refractivity contribution is 6.34. The van der Waals surface area contributed by atoms with Gasteiger partial charge in [-0.1, -0.05) is 11.6 Å². The van der Waals surface area contributed by atoms with Gasteiger partial charge in [-0.15, -0.1) is 0 Å². The Morgan fingerprint density at radius 2 is 1.64 bits per heavy atom. The normalized spacial score (nSPS) is 10.3. The molecule has 0 amide bonds. The lowest BCUT2D eigenvalue weighted by Gasteiger charge is -2.18. The van der Waals surface area contributed by atoms with Crippen molar-refractivity contribution in [2.75, 3.05) is 21.3 Å². The van der Waals surface area contributed by atoms with Crippen molar-refractivity contribution in [1.29, 1.82) is 0 Å². The first kappa shape index (κ1) is 18.5. The fourth-order valence-corrected chi connectivity index (χ4v) is 2.51. The lowest BCUT2D eigenvalue weighted by Crippen LogP contribution is -2.06. The molecule has 0 fully saturated rings. The summed E-state index contributed by atoms with van der Waals surface area (Å²) in [5.74, 6) is -0.901. The molecular weight excluding hydrogens is 352 g/mol. The largest absolute Gasteiger partial charge is 0.508 e. The molecule has 0 spiro atoms. The van der Waals surface area contributed by atoms with Gasteiger partial charge in [0.05, 0.1) is 21.3 Å². The number of phenols is 2. The van der Waals surface area contributed by atoms with Crippen LogP contribution in [0.2, 0.25) is 5.02 Å². The highest BCUT2D eigenvalue weighted by Crippen LogP contribution is 2.47. The zero-order valence-corrected chi connectivity index (χ0v) is 14.8. The van der Waals surface area contributed by atoms with Crippen LogP contribution in [0.3, 0.4) is 0 Å². The second kappa shape index (κ2) is 7.40. The Balaban J connectivity index is 2.71. The first-order valence-electron chi connectivity index (χ1n) is 7.07. The van der Waals surface area contributed by atoms with Gasteiger partial charge in [-0.2, -0.15) is 0 Å². The third-order valence-electron chi connectivity index (χ3n) is 3.43. The van der Waals surface area contributed by atoms with Gasteiger partial charge in [0.1, 0.15) is 27.8 Å². The molecule has 0 atom stereocenters. The molecule has 0 saturated carbocycles. The van der Waals surface area contributed by atoms with Crippen molar-refractivity contribution in [2.45, 2.75) is 6.92 Å². The number of hydrogen-bond acceptors (Lipinski definition) is 7. The molecule has 0 heterocycles. The smallest absolute Gasteiger partial charge is 0.345 e. The van der Waals surface area contributed by atoms with E-state index in [1.54, 1.807) is 6.92 Å². The maximum Gasteiger partial charge on any atom is 0.345 e. The van der Waals surface area contributed by atoms with E-state index in [4.69, 9.17) is 25.8 Å². The number of rotatable bonds is 5. The minimum absolute atomic E-state index is 0.0190. The first-order valence-corrected chi connectivity index (χ1v) is 7.45. The minimum atomic E-state index is -0.840. The predicted molar refractivity (Wildman–Crippen MR) is 90.5 cm³/mol. The van der Waals surface area contributed by atoms with Crippen molar-refractivity contribution >= 4 is 17.6 Å². The van der Waals surface area contributed by atoms with Crippen LogP contribution >= 0.6 is 11.6 Å². The van der Waals surface area contributed by atoms with E-state index in [0.717, 1.165) is 7.11 Å². The third-order valence-corrected chi connectivity index (χ3v) is 3.78. The van der Waals surface area contributed by atoms with Crippen molar-refractivity contribution in [3.63, 3.8) is 0 Å². The number of hydrogen-bond donors (Lipinski definition) is 2. The fourth-order valence-electron chi connectivity index (χ4n) is 2.25. The van der Waals surface area contributed by atoms with Gasteiger partial charge >= 0.3 is 5.97 Å². The molecule has 0 aliphatic rings. The molecule has 8 heteroatoms. The quantitative estimate of drug-likeness (QED) is 0.777. The van der Waals surface area contributed by atoms with Crippen LogP contribution < -0.4 is 14.2 Å². The molecule has 134 valence electrons. The summed E-state index contributed by atoms with van der Waals surface area (Å²) in [7, 11) is 3.91. The molecule has 2 rings (SSSR count). The van der Waals surface area contributed by atoms with E-state index in [0.29, 0.717) is 5.56 Å². The van der Waals surface area contributed by atoms with Crippen LogP contribution in [-0.4, -0.2) is 37.5 Å². The fraction of sp³-hybridized carbons (Fsp3) is 0.235. The Bertz CT molecular complexity index is 817. The van der Waals surface area contributed by atoms with E-state index < -0.39 is 11.7 Å². The van der Waals surface area contributed by atoms with Gasteiger partial charge in [-0.25, -0.2) is 4.79 Å². The number of ether oxygens (including phenoxy) is 4. The summed E-state index contributed by atoms with van der Waals surface area (Å²) >= 11 is 6.26.